The van der Waals surface area contributed by atoms with E-state index in [0.29, 0.717) is 18.2 Å². The summed E-state index contributed by atoms with van der Waals surface area (Å²) in [7, 11) is -4.44. The van der Waals surface area contributed by atoms with Crippen molar-refractivity contribution in [1.82, 2.24) is 14.7 Å². The first kappa shape index (κ1) is 24.6. The summed E-state index contributed by atoms with van der Waals surface area (Å²) in [6, 6.07) is 10.1. The number of carbonyl (C=O) groups is 1. The van der Waals surface area contributed by atoms with Gasteiger partial charge in [0.1, 0.15) is 11.6 Å². The Balaban J connectivity index is 1.82. The number of pyridine rings is 2. The lowest BCUT2D eigenvalue weighted by molar-refractivity contribution is 0.0981. The minimum absolute atomic E-state index is 0.0138. The van der Waals surface area contributed by atoms with E-state index < -0.39 is 32.2 Å². The van der Waals surface area contributed by atoms with Crippen LogP contribution in [0.15, 0.2) is 58.4 Å². The molecule has 1 fully saturated rings. The van der Waals surface area contributed by atoms with Crippen LogP contribution in [0.2, 0.25) is 0 Å². The Kier molecular flexibility index (Phi) is 6.27. The fraction of sp³-hybridized carbons (Fsp3) is 0.320. The number of amides is 1. The van der Waals surface area contributed by atoms with Gasteiger partial charge in [-0.1, -0.05) is 18.6 Å². The van der Waals surface area contributed by atoms with Gasteiger partial charge < -0.3 is 9.88 Å². The lowest BCUT2D eigenvalue weighted by Gasteiger charge is -2.34. The molecule has 10 heteroatoms. The predicted octanol–water partition coefficient (Wildman–Crippen LogP) is 3.63. The molecule has 3 heterocycles. The van der Waals surface area contributed by atoms with Crippen molar-refractivity contribution in [2.24, 2.45) is 5.92 Å². The second kappa shape index (κ2) is 8.92. The zero-order chi connectivity index (χ0) is 25.5. The molecule has 2 aromatic heterocycles. The van der Waals surface area contributed by atoms with Crippen molar-refractivity contribution in [1.29, 1.82) is 0 Å². The second-order valence-corrected chi connectivity index (χ2v) is 11.2. The van der Waals surface area contributed by atoms with Crippen LogP contribution in [0, 0.1) is 18.7 Å². The normalized spacial score (nSPS) is 17.4. The largest absolute Gasteiger partial charge is 0.351 e. The van der Waals surface area contributed by atoms with Crippen LogP contribution in [0.1, 0.15) is 43.1 Å². The minimum Gasteiger partial charge on any atom is -0.351 e. The molecule has 1 amide bonds. The first-order chi connectivity index (χ1) is 16.4. The zero-order valence-corrected chi connectivity index (χ0v) is 20.7. The summed E-state index contributed by atoms with van der Waals surface area (Å²) in [5.74, 6) is -0.824. The summed E-state index contributed by atoms with van der Waals surface area (Å²) in [5.41, 5.74) is 0.259. The summed E-state index contributed by atoms with van der Waals surface area (Å²) in [6.07, 6.45) is 2.13. The first-order valence-corrected chi connectivity index (χ1v) is 12.7. The Labute approximate surface area is 203 Å². The van der Waals surface area contributed by atoms with Gasteiger partial charge in [-0.05, 0) is 69.5 Å². The average Bonchev–Trinajstić information content (AvgIpc) is 3.06. The van der Waals surface area contributed by atoms with E-state index in [9.17, 15) is 22.4 Å². The molecule has 2 N–H and O–H groups in total. The maximum absolute atomic E-state index is 14.6. The van der Waals surface area contributed by atoms with E-state index in [1.54, 1.807) is 12.1 Å². The summed E-state index contributed by atoms with van der Waals surface area (Å²) in [4.78, 5) is 33.6. The van der Waals surface area contributed by atoms with Crippen molar-refractivity contribution in [3.8, 4) is 11.3 Å². The molecule has 3 aromatic rings. The summed E-state index contributed by atoms with van der Waals surface area (Å²) in [5, 5.41) is 0. The monoisotopic (exact) mass is 498 g/mol. The highest BCUT2D eigenvalue weighted by Crippen LogP contribution is 2.38. The van der Waals surface area contributed by atoms with Gasteiger partial charge >= 0.3 is 0 Å². The maximum atomic E-state index is 14.6. The fourth-order valence-electron chi connectivity index (χ4n) is 4.63. The Morgan fingerprint density at radius 2 is 1.97 bits per heavy atom. The van der Waals surface area contributed by atoms with E-state index in [1.807, 2.05) is 30.4 Å². The van der Waals surface area contributed by atoms with Crippen LogP contribution < -0.4 is 15.2 Å². The van der Waals surface area contributed by atoms with Crippen LogP contribution >= 0.6 is 0 Å². The van der Waals surface area contributed by atoms with E-state index in [0.717, 1.165) is 18.1 Å². The van der Waals surface area contributed by atoms with Gasteiger partial charge in [0.05, 0.1) is 11.3 Å². The molecular weight excluding hydrogens is 471 g/mol. The number of H-pyrrole nitrogens is 1. The summed E-state index contributed by atoms with van der Waals surface area (Å²) in [6.45, 7) is 8.54. The number of rotatable bonds is 5. The molecule has 1 saturated heterocycles. The molecule has 0 unspecified atom stereocenters. The van der Waals surface area contributed by atoms with Gasteiger partial charge in [0, 0.05) is 23.8 Å². The number of benzene rings is 1. The number of sulfonamides is 1. The van der Waals surface area contributed by atoms with Gasteiger partial charge in [0.2, 0.25) is 0 Å². The lowest BCUT2D eigenvalue weighted by Crippen LogP contribution is -2.41. The highest BCUT2D eigenvalue weighted by atomic mass is 32.2. The van der Waals surface area contributed by atoms with Crippen molar-refractivity contribution in [3.05, 3.63) is 76.0 Å². The van der Waals surface area contributed by atoms with E-state index >= 15 is 0 Å². The number of hydrogen-bond donors (Lipinski definition) is 2. The van der Waals surface area contributed by atoms with E-state index in [-0.39, 0.29) is 22.5 Å². The van der Waals surface area contributed by atoms with E-state index in [4.69, 9.17) is 0 Å². The van der Waals surface area contributed by atoms with Crippen LogP contribution in [-0.2, 0) is 10.0 Å². The number of halogens is 1. The van der Waals surface area contributed by atoms with Crippen LogP contribution in [0.3, 0.4) is 0 Å². The SMILES string of the molecule is Cc1ccc(F)c(-c2ccc(C(=O)NS(=O)(=O)c3ccc[nH]c3=O)c(N3C[C@@H](C)CC3(C)C)n2)c1. The van der Waals surface area contributed by atoms with Crippen LogP contribution in [0.25, 0.3) is 11.3 Å². The number of nitrogens with one attached hydrogen (secondary N) is 2. The minimum atomic E-state index is -4.44. The number of hydrogen-bond acceptors (Lipinski definition) is 6. The van der Waals surface area contributed by atoms with Crippen molar-refractivity contribution < 1.29 is 17.6 Å². The predicted molar refractivity (Wildman–Crippen MR) is 131 cm³/mol. The topological polar surface area (TPSA) is 112 Å². The first-order valence-electron chi connectivity index (χ1n) is 11.2. The van der Waals surface area contributed by atoms with Gasteiger partial charge in [-0.15, -0.1) is 0 Å². The van der Waals surface area contributed by atoms with Crippen LogP contribution in [-0.4, -0.2) is 36.4 Å². The number of nitrogens with zero attached hydrogens (tertiary/aromatic N) is 2. The Bertz CT molecular complexity index is 1470. The van der Waals surface area contributed by atoms with Crippen molar-refractivity contribution in [2.45, 2.75) is 44.6 Å². The molecule has 0 aliphatic carbocycles. The molecule has 1 atom stereocenters. The van der Waals surface area contributed by atoms with Crippen LogP contribution in [0.5, 0.6) is 0 Å². The molecule has 4 rings (SSSR count). The van der Waals surface area contributed by atoms with E-state index in [1.165, 1.54) is 30.5 Å². The molecule has 1 aromatic carbocycles. The standard InChI is InChI=1S/C25H27FN4O4S/c1-15-7-9-19(26)18(12-15)20-10-8-17(22(28-20)30-14-16(2)13-25(30,3)4)23(31)29-35(33,34)21-6-5-11-27-24(21)32/h5-12,16H,13-14H2,1-4H3,(H,27,32)(H,29,31)/t16-/m0/s1. The smallest absolute Gasteiger partial charge is 0.269 e. The quantitative estimate of drug-likeness (QED) is 0.556. The third-order valence-electron chi connectivity index (χ3n) is 6.14. The Morgan fingerprint density at radius 3 is 2.63 bits per heavy atom. The molecular formula is C25H27FN4O4S. The third kappa shape index (κ3) is 4.84. The molecule has 35 heavy (non-hydrogen) atoms. The molecule has 0 radical (unpaired) electrons. The van der Waals surface area contributed by atoms with Gasteiger partial charge in [0.15, 0.2) is 4.90 Å². The van der Waals surface area contributed by atoms with Crippen LogP contribution in [0.4, 0.5) is 10.2 Å². The molecule has 1 aliphatic heterocycles. The van der Waals surface area contributed by atoms with Crippen molar-refractivity contribution >= 4 is 21.7 Å². The van der Waals surface area contributed by atoms with E-state index in [2.05, 4.69) is 16.9 Å². The van der Waals surface area contributed by atoms with Crippen molar-refractivity contribution in [3.63, 3.8) is 0 Å². The van der Waals surface area contributed by atoms with Gasteiger partial charge in [0.25, 0.3) is 21.5 Å². The second-order valence-electron chi connectivity index (χ2n) is 9.58. The number of aromatic nitrogens is 2. The van der Waals surface area contributed by atoms with Crippen molar-refractivity contribution in [2.75, 3.05) is 11.4 Å². The Morgan fingerprint density at radius 1 is 1.23 bits per heavy atom. The third-order valence-corrected chi connectivity index (χ3v) is 7.50. The lowest BCUT2D eigenvalue weighted by atomic mass is 9.97. The molecule has 184 valence electrons. The number of anilines is 1. The molecule has 0 bridgehead atoms. The highest BCUT2D eigenvalue weighted by molar-refractivity contribution is 7.90. The summed E-state index contributed by atoms with van der Waals surface area (Å²) >= 11 is 0. The molecule has 0 spiro atoms. The number of aromatic amines is 1. The number of carbonyl (C=O) groups excluding carboxylic acids is 1. The maximum Gasteiger partial charge on any atom is 0.269 e. The summed E-state index contributed by atoms with van der Waals surface area (Å²) < 4.78 is 42.2. The molecule has 0 saturated carbocycles. The van der Waals surface area contributed by atoms with Gasteiger partial charge in [-0.25, -0.2) is 22.5 Å². The number of aryl methyl sites for hydroxylation is 1. The average molecular weight is 499 g/mol. The fourth-order valence-corrected chi connectivity index (χ4v) is 5.65. The molecule has 8 nitrogen and oxygen atoms in total. The zero-order valence-electron chi connectivity index (χ0n) is 19.9. The van der Waals surface area contributed by atoms with Gasteiger partial charge in [-0.3, -0.25) is 9.59 Å². The highest BCUT2D eigenvalue weighted by Gasteiger charge is 2.39. The molecule has 1 aliphatic rings. The Hall–Kier alpha value is -3.53. The van der Waals surface area contributed by atoms with Gasteiger partial charge in [-0.2, -0.15) is 0 Å².